The Morgan fingerprint density at radius 3 is 2.47 bits per heavy atom. The number of hydrogen-bond acceptors (Lipinski definition) is 7. The first-order valence-corrected chi connectivity index (χ1v) is 11.0. The highest BCUT2D eigenvalue weighted by atomic mass is 32.2. The monoisotopic (exact) mass is 454 g/mol. The van der Waals surface area contributed by atoms with Crippen LogP contribution in [0.25, 0.3) is 0 Å². The van der Waals surface area contributed by atoms with Gasteiger partial charge in [-0.15, -0.1) is 6.42 Å². The van der Waals surface area contributed by atoms with E-state index in [0.29, 0.717) is 10.1 Å². The zero-order valence-corrected chi connectivity index (χ0v) is 18.7. The van der Waals surface area contributed by atoms with Crippen LogP contribution in [0.2, 0.25) is 0 Å². The summed E-state index contributed by atoms with van der Waals surface area (Å²) < 4.78 is 43.1. The molecule has 166 valence electrons. The number of amides is 1. The topological polar surface area (TPSA) is 98.9 Å². The molecule has 0 aliphatic carbocycles. The molecule has 3 aromatic rings. The number of carbonyl (C=O) groups is 1. The standard InChI is InChI=1S/C23H22N2O6S/c1-5-13-25(32(27,28)22-16(2)24-31-17(22)3)23(26)19-11-12-20(29-4)21(14-19)30-15-18-9-7-6-8-10-18/h1,6-12,14H,13,15H2,2-4H3. The SMILES string of the molecule is C#CCN(C(=O)c1ccc(OC)c(OCc2ccccc2)c1)S(=O)(=O)c1c(C)noc1C. The molecular formula is C23H22N2O6S. The van der Waals surface area contributed by atoms with Crippen LogP contribution in [-0.2, 0) is 16.6 Å². The molecule has 3 rings (SSSR count). The second kappa shape index (κ2) is 9.58. The van der Waals surface area contributed by atoms with Gasteiger partial charge in [0.1, 0.15) is 12.3 Å². The van der Waals surface area contributed by atoms with Gasteiger partial charge in [-0.25, -0.2) is 12.7 Å². The molecule has 8 nitrogen and oxygen atoms in total. The number of methoxy groups -OCH3 is 1. The summed E-state index contributed by atoms with van der Waals surface area (Å²) in [5.74, 6) is 2.17. The third-order valence-corrected chi connectivity index (χ3v) is 6.60. The van der Waals surface area contributed by atoms with Gasteiger partial charge in [-0.3, -0.25) is 4.79 Å². The summed E-state index contributed by atoms with van der Waals surface area (Å²) in [4.78, 5) is 13.0. The van der Waals surface area contributed by atoms with Crippen LogP contribution in [0.1, 0.15) is 27.4 Å². The predicted molar refractivity (Wildman–Crippen MR) is 117 cm³/mol. The number of terminal acetylenes is 1. The average Bonchev–Trinajstić information content (AvgIpc) is 3.14. The average molecular weight is 455 g/mol. The van der Waals surface area contributed by atoms with Gasteiger partial charge in [0.25, 0.3) is 15.9 Å². The van der Waals surface area contributed by atoms with Crippen molar-refractivity contribution in [3.05, 3.63) is 71.1 Å². The highest BCUT2D eigenvalue weighted by molar-refractivity contribution is 7.89. The molecule has 0 atom stereocenters. The summed E-state index contributed by atoms with van der Waals surface area (Å²) >= 11 is 0. The van der Waals surface area contributed by atoms with Gasteiger partial charge in [-0.1, -0.05) is 41.4 Å². The number of sulfonamides is 1. The Balaban J connectivity index is 1.96. The number of hydrogen-bond donors (Lipinski definition) is 0. The van der Waals surface area contributed by atoms with Crippen LogP contribution in [0.3, 0.4) is 0 Å². The summed E-state index contributed by atoms with van der Waals surface area (Å²) in [5, 5.41) is 3.67. The van der Waals surface area contributed by atoms with Crippen LogP contribution < -0.4 is 9.47 Å². The Bertz CT molecular complexity index is 1240. The van der Waals surface area contributed by atoms with Crippen molar-refractivity contribution < 1.29 is 27.2 Å². The Kier molecular flexibility index (Phi) is 6.85. The third-order valence-electron chi connectivity index (χ3n) is 4.63. The van der Waals surface area contributed by atoms with Crippen molar-refractivity contribution in [3.63, 3.8) is 0 Å². The van der Waals surface area contributed by atoms with E-state index in [1.165, 1.54) is 39.2 Å². The second-order valence-corrected chi connectivity index (χ2v) is 8.61. The smallest absolute Gasteiger partial charge is 0.273 e. The van der Waals surface area contributed by atoms with Crippen LogP contribution in [0.4, 0.5) is 0 Å². The molecule has 2 aromatic carbocycles. The van der Waals surface area contributed by atoms with E-state index in [9.17, 15) is 13.2 Å². The molecule has 9 heteroatoms. The first kappa shape index (κ1) is 22.9. The van der Waals surface area contributed by atoms with Crippen molar-refractivity contribution >= 4 is 15.9 Å². The van der Waals surface area contributed by atoms with Gasteiger partial charge >= 0.3 is 0 Å². The molecule has 32 heavy (non-hydrogen) atoms. The van der Waals surface area contributed by atoms with Crippen LogP contribution in [0.5, 0.6) is 11.5 Å². The molecule has 0 fully saturated rings. The highest BCUT2D eigenvalue weighted by Crippen LogP contribution is 2.31. The van der Waals surface area contributed by atoms with E-state index in [1.807, 2.05) is 30.3 Å². The normalized spacial score (nSPS) is 10.9. The molecule has 0 unspecified atom stereocenters. The largest absolute Gasteiger partial charge is 0.493 e. The molecule has 0 spiro atoms. The lowest BCUT2D eigenvalue weighted by Gasteiger charge is -2.21. The van der Waals surface area contributed by atoms with Crippen molar-refractivity contribution in [1.29, 1.82) is 0 Å². The van der Waals surface area contributed by atoms with E-state index in [2.05, 4.69) is 11.1 Å². The lowest BCUT2D eigenvalue weighted by Crippen LogP contribution is -2.37. The third kappa shape index (κ3) is 4.60. The van der Waals surface area contributed by atoms with Gasteiger partial charge in [0.05, 0.1) is 13.7 Å². The molecule has 0 bridgehead atoms. The van der Waals surface area contributed by atoms with Crippen molar-refractivity contribution in [1.82, 2.24) is 9.46 Å². The maximum absolute atomic E-state index is 13.2. The quantitative estimate of drug-likeness (QED) is 0.481. The lowest BCUT2D eigenvalue weighted by atomic mass is 10.2. The Labute approximate surface area is 186 Å². The molecule has 1 aromatic heterocycles. The van der Waals surface area contributed by atoms with Crippen molar-refractivity contribution in [2.45, 2.75) is 25.3 Å². The fourth-order valence-electron chi connectivity index (χ4n) is 3.10. The summed E-state index contributed by atoms with van der Waals surface area (Å²) in [5.41, 5.74) is 1.12. The maximum atomic E-state index is 13.2. The number of rotatable bonds is 8. The van der Waals surface area contributed by atoms with E-state index in [4.69, 9.17) is 20.4 Å². The number of ether oxygens (including phenoxy) is 2. The molecule has 0 aliphatic heterocycles. The maximum Gasteiger partial charge on any atom is 0.273 e. The molecule has 0 aliphatic rings. The van der Waals surface area contributed by atoms with Gasteiger partial charge in [-0.05, 0) is 37.6 Å². The van der Waals surface area contributed by atoms with Crippen LogP contribution in [0, 0.1) is 26.2 Å². The minimum absolute atomic E-state index is 0.0685. The van der Waals surface area contributed by atoms with E-state index < -0.39 is 22.5 Å². The number of carbonyl (C=O) groups excluding carboxylic acids is 1. The second-order valence-electron chi connectivity index (χ2n) is 6.81. The van der Waals surface area contributed by atoms with Gasteiger partial charge in [-0.2, -0.15) is 0 Å². The van der Waals surface area contributed by atoms with E-state index in [-0.39, 0.29) is 34.3 Å². The fraction of sp³-hybridized carbons (Fsp3) is 0.217. The van der Waals surface area contributed by atoms with E-state index in [0.717, 1.165) is 5.56 Å². The Hall–Kier alpha value is -3.77. The molecule has 0 N–H and O–H groups in total. The molecule has 1 heterocycles. The van der Waals surface area contributed by atoms with Crippen molar-refractivity contribution in [2.75, 3.05) is 13.7 Å². The predicted octanol–water partition coefficient (Wildman–Crippen LogP) is 3.34. The van der Waals surface area contributed by atoms with Gasteiger partial charge in [0, 0.05) is 5.56 Å². The van der Waals surface area contributed by atoms with Gasteiger partial charge in [0.2, 0.25) is 0 Å². The molecular weight excluding hydrogens is 432 g/mol. The van der Waals surface area contributed by atoms with Gasteiger partial charge in [0.15, 0.2) is 22.2 Å². The van der Waals surface area contributed by atoms with Crippen molar-refractivity contribution in [2.24, 2.45) is 0 Å². The minimum Gasteiger partial charge on any atom is -0.493 e. The zero-order valence-electron chi connectivity index (χ0n) is 17.9. The molecule has 0 saturated heterocycles. The number of aromatic nitrogens is 1. The minimum atomic E-state index is -4.30. The molecule has 0 saturated carbocycles. The summed E-state index contributed by atoms with van der Waals surface area (Å²) in [6.07, 6.45) is 5.37. The highest BCUT2D eigenvalue weighted by Gasteiger charge is 2.35. The number of benzene rings is 2. The van der Waals surface area contributed by atoms with Crippen LogP contribution in [-0.4, -0.2) is 37.4 Å². The summed E-state index contributed by atoms with van der Waals surface area (Å²) in [6, 6.07) is 13.9. The zero-order chi connectivity index (χ0) is 23.3. The Morgan fingerprint density at radius 2 is 1.88 bits per heavy atom. The first-order chi connectivity index (χ1) is 15.3. The lowest BCUT2D eigenvalue weighted by molar-refractivity contribution is 0.0872. The first-order valence-electron chi connectivity index (χ1n) is 9.57. The fourth-order valence-corrected chi connectivity index (χ4v) is 4.70. The van der Waals surface area contributed by atoms with E-state index >= 15 is 0 Å². The van der Waals surface area contributed by atoms with Gasteiger partial charge < -0.3 is 14.0 Å². The van der Waals surface area contributed by atoms with Crippen LogP contribution in [0.15, 0.2) is 57.9 Å². The summed E-state index contributed by atoms with van der Waals surface area (Å²) in [7, 11) is -2.83. The number of nitrogens with zero attached hydrogens (tertiary/aromatic N) is 2. The van der Waals surface area contributed by atoms with E-state index in [1.54, 1.807) is 0 Å². The molecule has 1 amide bonds. The summed E-state index contributed by atoms with van der Waals surface area (Å²) in [6.45, 7) is 2.71. The molecule has 0 radical (unpaired) electrons. The van der Waals surface area contributed by atoms with Crippen LogP contribution >= 0.6 is 0 Å². The number of aryl methyl sites for hydroxylation is 2. The van der Waals surface area contributed by atoms with Crippen molar-refractivity contribution in [3.8, 4) is 23.8 Å². The Morgan fingerprint density at radius 1 is 1.16 bits per heavy atom.